The van der Waals surface area contributed by atoms with E-state index >= 15 is 0 Å². The summed E-state index contributed by atoms with van der Waals surface area (Å²) in [6, 6.07) is 0. The molecule has 0 unspecified atom stereocenters. The Balaban J connectivity index is 1.92. The molecule has 3 nitrogen and oxygen atoms in total. The van der Waals surface area contributed by atoms with Gasteiger partial charge >= 0.3 is 0 Å². The van der Waals surface area contributed by atoms with Gasteiger partial charge < -0.3 is 10.4 Å². The van der Waals surface area contributed by atoms with Gasteiger partial charge in [0.25, 0.3) is 0 Å². The van der Waals surface area contributed by atoms with Gasteiger partial charge in [0.05, 0.1) is 11.0 Å². The molecule has 0 heterocycles. The van der Waals surface area contributed by atoms with Crippen LogP contribution in [-0.4, -0.2) is 40.0 Å². The van der Waals surface area contributed by atoms with Crippen molar-refractivity contribution < 1.29 is 9.90 Å². The molecular weight excluding hydrogens is 314 g/mol. The number of aliphatic hydroxyl groups is 1. The first-order valence-electron chi connectivity index (χ1n) is 6.53. The van der Waals surface area contributed by atoms with E-state index in [-0.39, 0.29) is 11.3 Å². The molecule has 0 saturated heterocycles. The maximum atomic E-state index is 12.4. The van der Waals surface area contributed by atoms with Crippen LogP contribution in [0, 0.1) is 11.3 Å². The first-order chi connectivity index (χ1) is 8.39. The second-order valence-corrected chi connectivity index (χ2v) is 8.05. The highest BCUT2D eigenvalue weighted by Gasteiger charge is 2.55. The van der Waals surface area contributed by atoms with Crippen LogP contribution < -0.4 is 5.32 Å². The predicted octanol–water partition coefficient (Wildman–Crippen LogP) is 2.17. The van der Waals surface area contributed by atoms with Crippen LogP contribution in [-0.2, 0) is 4.79 Å². The highest BCUT2D eigenvalue weighted by atomic mass is 79.9. The Labute approximate surface area is 122 Å². The summed E-state index contributed by atoms with van der Waals surface area (Å²) in [6.07, 6.45) is 6.26. The summed E-state index contributed by atoms with van der Waals surface area (Å²) in [5.41, 5.74) is -1.02. The van der Waals surface area contributed by atoms with Crippen molar-refractivity contribution in [3.8, 4) is 0 Å². The van der Waals surface area contributed by atoms with Gasteiger partial charge in [0, 0.05) is 17.1 Å². The van der Waals surface area contributed by atoms with E-state index in [1.165, 1.54) is 6.42 Å². The quantitative estimate of drug-likeness (QED) is 0.757. The van der Waals surface area contributed by atoms with E-state index < -0.39 is 5.60 Å². The second kappa shape index (κ2) is 5.33. The number of halogens is 1. The monoisotopic (exact) mass is 335 g/mol. The molecule has 104 valence electrons. The first kappa shape index (κ1) is 14.7. The molecule has 2 N–H and O–H groups in total. The lowest BCUT2D eigenvalue weighted by Gasteiger charge is -2.32. The number of hydrogen-bond donors (Lipinski definition) is 2. The van der Waals surface area contributed by atoms with Crippen molar-refractivity contribution in [2.75, 3.05) is 18.6 Å². The summed E-state index contributed by atoms with van der Waals surface area (Å²) in [6.45, 7) is 2.12. The Hall–Kier alpha value is 0.260. The number of thioether (sulfide) groups is 1. The van der Waals surface area contributed by atoms with Crippen LogP contribution in [0.1, 0.15) is 32.6 Å². The van der Waals surface area contributed by atoms with Crippen LogP contribution in [0.5, 0.6) is 0 Å². The van der Waals surface area contributed by atoms with Crippen molar-refractivity contribution in [2.24, 2.45) is 11.3 Å². The minimum atomic E-state index is -0.815. The Kier molecular flexibility index (Phi) is 4.34. The largest absolute Gasteiger partial charge is 0.387 e. The van der Waals surface area contributed by atoms with Crippen molar-refractivity contribution in [3.63, 3.8) is 0 Å². The van der Waals surface area contributed by atoms with E-state index in [0.29, 0.717) is 23.0 Å². The molecule has 2 fully saturated rings. The standard InChI is InChI=1S/C13H22BrNO2S/c1-12(17,8-18-2)7-15-11(16)13-4-3-9(6-13)5-10(13)14/h9-10,17H,3-8H2,1-2H3,(H,15,16)/t9-,10-,12+,13+/m0/s1. The summed E-state index contributed by atoms with van der Waals surface area (Å²) < 4.78 is 0. The van der Waals surface area contributed by atoms with Crippen LogP contribution in [0.25, 0.3) is 0 Å². The zero-order valence-electron chi connectivity index (χ0n) is 11.0. The molecule has 2 aliphatic carbocycles. The van der Waals surface area contributed by atoms with Crippen LogP contribution in [0.15, 0.2) is 0 Å². The van der Waals surface area contributed by atoms with Gasteiger partial charge in [-0.3, -0.25) is 4.79 Å². The number of hydrogen-bond acceptors (Lipinski definition) is 3. The molecule has 0 aromatic heterocycles. The van der Waals surface area contributed by atoms with E-state index in [0.717, 1.165) is 19.3 Å². The molecule has 2 bridgehead atoms. The average molecular weight is 336 g/mol. The zero-order chi connectivity index (χ0) is 13.4. The summed E-state index contributed by atoms with van der Waals surface area (Å²) >= 11 is 5.27. The van der Waals surface area contributed by atoms with E-state index in [9.17, 15) is 9.90 Å². The van der Waals surface area contributed by atoms with E-state index in [1.807, 2.05) is 6.26 Å². The second-order valence-electron chi connectivity index (χ2n) is 6.08. The zero-order valence-corrected chi connectivity index (χ0v) is 13.4. The van der Waals surface area contributed by atoms with Gasteiger partial charge in [0.1, 0.15) is 0 Å². The fourth-order valence-corrected chi connectivity index (χ4v) is 5.22. The van der Waals surface area contributed by atoms with Gasteiger partial charge in [-0.25, -0.2) is 0 Å². The number of amides is 1. The van der Waals surface area contributed by atoms with Crippen molar-refractivity contribution in [2.45, 2.75) is 43.0 Å². The summed E-state index contributed by atoms with van der Waals surface area (Å²) in [5, 5.41) is 13.1. The minimum Gasteiger partial charge on any atom is -0.387 e. The highest BCUT2D eigenvalue weighted by molar-refractivity contribution is 9.09. The van der Waals surface area contributed by atoms with Gasteiger partial charge in [0.15, 0.2) is 0 Å². The molecule has 18 heavy (non-hydrogen) atoms. The SMILES string of the molecule is CSC[C@](C)(O)CNC(=O)[C@@]12CC[C@@H](C[C@@H]1Br)C2. The molecule has 2 rings (SSSR count). The fraction of sp³-hybridized carbons (Fsp3) is 0.923. The Morgan fingerprint density at radius 1 is 1.67 bits per heavy atom. The van der Waals surface area contributed by atoms with E-state index in [2.05, 4.69) is 21.2 Å². The molecule has 5 heteroatoms. The molecule has 0 aromatic rings. The van der Waals surface area contributed by atoms with Gasteiger partial charge in [-0.1, -0.05) is 15.9 Å². The lowest BCUT2D eigenvalue weighted by Crippen LogP contribution is -2.49. The minimum absolute atomic E-state index is 0.130. The Morgan fingerprint density at radius 2 is 2.39 bits per heavy atom. The number of fused-ring (bicyclic) bond motifs is 2. The van der Waals surface area contributed by atoms with E-state index in [4.69, 9.17) is 0 Å². The van der Waals surface area contributed by atoms with Crippen molar-refractivity contribution >= 4 is 33.6 Å². The van der Waals surface area contributed by atoms with Crippen LogP contribution in [0.4, 0.5) is 0 Å². The number of carbonyl (C=O) groups is 1. The molecule has 1 amide bonds. The van der Waals surface area contributed by atoms with Crippen molar-refractivity contribution in [3.05, 3.63) is 0 Å². The smallest absolute Gasteiger partial charge is 0.227 e. The van der Waals surface area contributed by atoms with Gasteiger partial charge in [-0.05, 0) is 44.8 Å². The lowest BCUT2D eigenvalue weighted by atomic mass is 9.83. The van der Waals surface area contributed by atoms with Crippen LogP contribution in [0.3, 0.4) is 0 Å². The molecule has 0 aromatic carbocycles. The molecule has 0 radical (unpaired) electrons. The Bertz CT molecular complexity index is 337. The first-order valence-corrected chi connectivity index (χ1v) is 8.84. The molecule has 0 aliphatic heterocycles. The van der Waals surface area contributed by atoms with Gasteiger partial charge in [0.2, 0.25) is 5.91 Å². The third-order valence-corrected chi connectivity index (χ3v) is 6.49. The normalized spacial score (nSPS) is 37.6. The lowest BCUT2D eigenvalue weighted by molar-refractivity contribution is -0.131. The number of alkyl halides is 1. The van der Waals surface area contributed by atoms with Gasteiger partial charge in [-0.15, -0.1) is 0 Å². The summed E-state index contributed by atoms with van der Waals surface area (Å²) in [5.74, 6) is 1.48. The third kappa shape index (κ3) is 2.73. The predicted molar refractivity (Wildman–Crippen MR) is 79.1 cm³/mol. The highest BCUT2D eigenvalue weighted by Crippen LogP contribution is 2.57. The summed E-state index contributed by atoms with van der Waals surface area (Å²) in [7, 11) is 0. The maximum Gasteiger partial charge on any atom is 0.227 e. The molecule has 2 aliphatic rings. The topological polar surface area (TPSA) is 49.3 Å². The van der Waals surface area contributed by atoms with Crippen molar-refractivity contribution in [1.29, 1.82) is 0 Å². The van der Waals surface area contributed by atoms with Crippen molar-refractivity contribution in [1.82, 2.24) is 5.32 Å². The molecule has 0 spiro atoms. The summed E-state index contributed by atoms with van der Waals surface area (Å²) in [4.78, 5) is 12.7. The number of carbonyl (C=O) groups excluding carboxylic acids is 1. The molecule has 2 saturated carbocycles. The Morgan fingerprint density at radius 3 is 2.89 bits per heavy atom. The van der Waals surface area contributed by atoms with E-state index in [1.54, 1.807) is 18.7 Å². The third-order valence-electron chi connectivity index (χ3n) is 4.33. The van der Waals surface area contributed by atoms with Crippen LogP contribution in [0.2, 0.25) is 0 Å². The molecule has 4 atom stereocenters. The number of nitrogens with one attached hydrogen (secondary N) is 1. The fourth-order valence-electron chi connectivity index (χ4n) is 3.34. The average Bonchev–Trinajstić information content (AvgIpc) is 2.84. The maximum absolute atomic E-state index is 12.4. The molecular formula is C13H22BrNO2S. The number of rotatable bonds is 5. The van der Waals surface area contributed by atoms with Gasteiger partial charge in [-0.2, -0.15) is 11.8 Å². The van der Waals surface area contributed by atoms with Crippen LogP contribution >= 0.6 is 27.7 Å².